The summed E-state index contributed by atoms with van der Waals surface area (Å²) >= 11 is 0. The van der Waals surface area contributed by atoms with Gasteiger partial charge in [-0.15, -0.1) is 0 Å². The van der Waals surface area contributed by atoms with Crippen LogP contribution in [0.1, 0.15) is 84.0 Å². The van der Waals surface area contributed by atoms with Crippen molar-refractivity contribution in [2.24, 2.45) is 23.2 Å². The van der Waals surface area contributed by atoms with Gasteiger partial charge in [-0.05, 0) is 68.6 Å². The summed E-state index contributed by atoms with van der Waals surface area (Å²) in [5.74, 6) is 1.34. The Balaban J connectivity index is 1.26. The molecular weight excluding hydrogens is 390 g/mol. The lowest BCUT2D eigenvalue weighted by atomic mass is 9.74. The monoisotopic (exact) mass is 429 g/mol. The molecule has 5 aliphatic rings. The molecule has 5 rings (SSSR count). The SMILES string of the molecule is CN1C(=O)N(CC(=O)C2CC3(CCCCCCC3)CN2)C(=O)C1(C)C1C[C@@H]2CC[C@H]1C2. The average molecular weight is 430 g/mol. The van der Waals surface area contributed by atoms with Crippen molar-refractivity contribution in [2.45, 2.75) is 95.6 Å². The number of hydrogen-bond acceptors (Lipinski definition) is 4. The van der Waals surface area contributed by atoms with Crippen molar-refractivity contribution < 1.29 is 14.4 Å². The van der Waals surface area contributed by atoms with E-state index in [0.29, 0.717) is 11.8 Å². The summed E-state index contributed by atoms with van der Waals surface area (Å²) in [5, 5.41) is 3.47. The topological polar surface area (TPSA) is 69.7 Å². The number of nitrogens with zero attached hydrogens (tertiary/aromatic N) is 2. The summed E-state index contributed by atoms with van der Waals surface area (Å²) < 4.78 is 0. The molecule has 2 bridgehead atoms. The molecule has 2 heterocycles. The maximum Gasteiger partial charge on any atom is 0.327 e. The molecule has 2 aliphatic heterocycles. The Morgan fingerprint density at radius 1 is 1.06 bits per heavy atom. The van der Waals surface area contributed by atoms with Crippen LogP contribution in [0.5, 0.6) is 0 Å². The predicted molar refractivity (Wildman–Crippen MR) is 118 cm³/mol. The molecule has 6 nitrogen and oxygen atoms in total. The van der Waals surface area contributed by atoms with Gasteiger partial charge in [-0.1, -0.05) is 38.5 Å². The van der Waals surface area contributed by atoms with Crippen LogP contribution < -0.4 is 5.32 Å². The summed E-state index contributed by atoms with van der Waals surface area (Å²) in [4.78, 5) is 42.7. The Labute approximate surface area is 186 Å². The highest BCUT2D eigenvalue weighted by Gasteiger charge is 2.61. The molecule has 0 aromatic heterocycles. The zero-order valence-corrected chi connectivity index (χ0v) is 19.3. The predicted octanol–water partition coefficient (Wildman–Crippen LogP) is 3.74. The molecule has 0 aromatic carbocycles. The summed E-state index contributed by atoms with van der Waals surface area (Å²) in [6, 6.07) is -0.512. The number of ketones is 1. The van der Waals surface area contributed by atoms with E-state index in [2.05, 4.69) is 5.32 Å². The van der Waals surface area contributed by atoms with Gasteiger partial charge < -0.3 is 10.2 Å². The minimum Gasteiger partial charge on any atom is -0.313 e. The standard InChI is InChI=1S/C25H39N3O3/c1-24(19-13-17-8-9-18(19)12-17)22(30)28(23(31)27(24)2)15-21(29)20-14-25(16-26-20)10-6-4-3-5-7-11-25/h17-20,26H,3-16H2,1-2H3/t17-,18+,19?,20?,24?/m1/s1. The number of fused-ring (bicyclic) bond motifs is 2. The minimum atomic E-state index is -0.791. The van der Waals surface area contributed by atoms with E-state index >= 15 is 0 Å². The van der Waals surface area contributed by atoms with Crippen LogP contribution in [0.2, 0.25) is 0 Å². The molecule has 3 amide bonds. The van der Waals surface area contributed by atoms with Gasteiger partial charge in [0.2, 0.25) is 0 Å². The minimum absolute atomic E-state index is 0.00577. The lowest BCUT2D eigenvalue weighted by Crippen LogP contribution is -2.53. The van der Waals surface area contributed by atoms with E-state index in [0.717, 1.165) is 19.4 Å². The smallest absolute Gasteiger partial charge is 0.313 e. The number of carbonyl (C=O) groups excluding carboxylic acids is 3. The first kappa shape index (κ1) is 21.4. The Morgan fingerprint density at radius 2 is 1.77 bits per heavy atom. The van der Waals surface area contributed by atoms with E-state index in [1.165, 1.54) is 69.1 Å². The molecule has 1 spiro atoms. The second kappa shape index (κ2) is 7.86. The van der Waals surface area contributed by atoms with Gasteiger partial charge >= 0.3 is 6.03 Å². The Bertz CT molecular complexity index is 759. The number of urea groups is 1. The van der Waals surface area contributed by atoms with Crippen LogP contribution in [-0.4, -0.2) is 59.2 Å². The van der Waals surface area contributed by atoms with E-state index in [1.54, 1.807) is 11.9 Å². The molecule has 6 heteroatoms. The summed E-state index contributed by atoms with van der Waals surface area (Å²) in [5.41, 5.74) is -0.560. The van der Waals surface area contributed by atoms with Gasteiger partial charge in [0.15, 0.2) is 5.78 Å². The molecule has 0 aromatic rings. The molecular formula is C25H39N3O3. The van der Waals surface area contributed by atoms with E-state index in [-0.39, 0.29) is 41.6 Å². The number of rotatable bonds is 4. The molecule has 2 saturated heterocycles. The highest BCUT2D eigenvalue weighted by Crippen LogP contribution is 2.54. The largest absolute Gasteiger partial charge is 0.327 e. The Hall–Kier alpha value is -1.43. The zero-order chi connectivity index (χ0) is 21.8. The number of hydrogen-bond donors (Lipinski definition) is 1. The van der Waals surface area contributed by atoms with Gasteiger partial charge in [0.25, 0.3) is 5.91 Å². The third kappa shape index (κ3) is 3.44. The molecule has 31 heavy (non-hydrogen) atoms. The normalized spacial score (nSPS) is 40.1. The average Bonchev–Trinajstić information content (AvgIpc) is 3.51. The van der Waals surface area contributed by atoms with Gasteiger partial charge in [0, 0.05) is 13.6 Å². The molecule has 1 N–H and O–H groups in total. The Morgan fingerprint density at radius 3 is 2.42 bits per heavy atom. The molecule has 3 aliphatic carbocycles. The quantitative estimate of drug-likeness (QED) is 0.691. The second-order valence-electron chi connectivity index (χ2n) is 11.5. The van der Waals surface area contributed by atoms with Crippen LogP contribution in [-0.2, 0) is 9.59 Å². The first-order chi connectivity index (χ1) is 14.8. The third-order valence-corrected chi connectivity index (χ3v) is 9.83. The molecule has 0 radical (unpaired) electrons. The van der Waals surface area contributed by atoms with Gasteiger partial charge in [-0.25, -0.2) is 4.79 Å². The fraction of sp³-hybridized carbons (Fsp3) is 0.880. The molecule has 172 valence electrons. The zero-order valence-electron chi connectivity index (χ0n) is 19.3. The highest BCUT2D eigenvalue weighted by molar-refractivity contribution is 6.09. The summed E-state index contributed by atoms with van der Waals surface area (Å²) in [7, 11) is 1.76. The van der Waals surface area contributed by atoms with Crippen LogP contribution in [0.4, 0.5) is 4.79 Å². The van der Waals surface area contributed by atoms with E-state index in [4.69, 9.17) is 0 Å². The van der Waals surface area contributed by atoms with Crippen molar-refractivity contribution in [3.05, 3.63) is 0 Å². The first-order valence-corrected chi connectivity index (χ1v) is 12.7. The van der Waals surface area contributed by atoms with Crippen molar-refractivity contribution in [1.82, 2.24) is 15.1 Å². The van der Waals surface area contributed by atoms with Gasteiger partial charge in [0.1, 0.15) is 5.54 Å². The third-order valence-electron chi connectivity index (χ3n) is 9.83. The summed E-state index contributed by atoms with van der Waals surface area (Å²) in [6.07, 6.45) is 14.3. The van der Waals surface area contributed by atoms with Gasteiger partial charge in [-0.2, -0.15) is 0 Å². The van der Waals surface area contributed by atoms with Crippen molar-refractivity contribution >= 4 is 17.7 Å². The fourth-order valence-corrected chi connectivity index (χ4v) is 7.81. The van der Waals surface area contributed by atoms with Crippen LogP contribution in [0.3, 0.4) is 0 Å². The number of nitrogens with one attached hydrogen (secondary N) is 1. The van der Waals surface area contributed by atoms with Crippen LogP contribution >= 0.6 is 0 Å². The Kier molecular flexibility index (Phi) is 5.43. The number of likely N-dealkylation sites (N-methyl/N-ethyl adjacent to an activating group) is 1. The second-order valence-corrected chi connectivity index (χ2v) is 11.5. The van der Waals surface area contributed by atoms with Crippen LogP contribution in [0.25, 0.3) is 0 Å². The molecule has 5 atom stereocenters. The number of Topliss-reactive ketones (excluding diaryl/α,β-unsaturated/α-hetero) is 1. The highest BCUT2D eigenvalue weighted by atomic mass is 16.2. The molecule has 5 fully saturated rings. The van der Waals surface area contributed by atoms with Gasteiger partial charge in [-0.3, -0.25) is 14.5 Å². The number of carbonyl (C=O) groups is 3. The maximum atomic E-state index is 13.5. The van der Waals surface area contributed by atoms with E-state index in [9.17, 15) is 14.4 Å². The molecule has 3 saturated carbocycles. The summed E-state index contributed by atoms with van der Waals surface area (Å²) in [6.45, 7) is 2.76. The lowest BCUT2D eigenvalue weighted by Gasteiger charge is -2.39. The first-order valence-electron chi connectivity index (χ1n) is 12.7. The number of imide groups is 1. The van der Waals surface area contributed by atoms with Crippen LogP contribution in [0, 0.1) is 23.2 Å². The molecule has 3 unspecified atom stereocenters. The van der Waals surface area contributed by atoms with Crippen molar-refractivity contribution in [3.63, 3.8) is 0 Å². The van der Waals surface area contributed by atoms with Crippen molar-refractivity contribution in [3.8, 4) is 0 Å². The number of amides is 3. The van der Waals surface area contributed by atoms with E-state index < -0.39 is 5.54 Å². The fourth-order valence-electron chi connectivity index (χ4n) is 7.81. The van der Waals surface area contributed by atoms with Crippen molar-refractivity contribution in [1.29, 1.82) is 0 Å². The van der Waals surface area contributed by atoms with Crippen LogP contribution in [0.15, 0.2) is 0 Å². The maximum absolute atomic E-state index is 13.5. The lowest BCUT2D eigenvalue weighted by molar-refractivity contribution is -0.138. The van der Waals surface area contributed by atoms with E-state index in [1.807, 2.05) is 6.92 Å². The van der Waals surface area contributed by atoms with Gasteiger partial charge in [0.05, 0.1) is 12.6 Å². The van der Waals surface area contributed by atoms with Crippen molar-refractivity contribution in [2.75, 3.05) is 20.1 Å².